The van der Waals surface area contributed by atoms with Crippen LogP contribution in [0, 0.1) is 0 Å². The number of hydrogen-bond acceptors (Lipinski definition) is 7. The highest BCUT2D eigenvalue weighted by Gasteiger charge is 2.19. The molecule has 0 radical (unpaired) electrons. The van der Waals surface area contributed by atoms with Crippen LogP contribution < -0.4 is 24.4 Å². The van der Waals surface area contributed by atoms with Crippen LogP contribution in [0.3, 0.4) is 0 Å². The first-order chi connectivity index (χ1) is 16.0. The summed E-state index contributed by atoms with van der Waals surface area (Å²) in [5, 5.41) is 3.97. The number of para-hydroxylation sites is 1. The van der Waals surface area contributed by atoms with Crippen LogP contribution in [0.15, 0.2) is 70.2 Å². The number of methoxy groups -OCH3 is 3. The van der Waals surface area contributed by atoms with Crippen LogP contribution in [-0.4, -0.2) is 39.4 Å². The van der Waals surface area contributed by atoms with Crippen molar-refractivity contribution in [3.63, 3.8) is 0 Å². The zero-order valence-corrected chi connectivity index (χ0v) is 19.7. The molecule has 1 N–H and O–H groups in total. The van der Waals surface area contributed by atoms with Crippen LogP contribution in [-0.2, 0) is 0 Å². The summed E-state index contributed by atoms with van der Waals surface area (Å²) in [6, 6.07) is 16.7. The first-order valence-corrected chi connectivity index (χ1v) is 10.5. The molecule has 0 aromatic heterocycles. The lowest BCUT2D eigenvalue weighted by Crippen LogP contribution is -2.17. The van der Waals surface area contributed by atoms with Gasteiger partial charge in [-0.15, -0.1) is 0 Å². The molecule has 33 heavy (non-hydrogen) atoms. The fourth-order valence-electron chi connectivity index (χ4n) is 2.86. The molecule has 0 heterocycles. The summed E-state index contributed by atoms with van der Waals surface area (Å²) in [5.41, 5.74) is 3.61. The average Bonchev–Trinajstić information content (AvgIpc) is 2.84. The first-order valence-electron chi connectivity index (χ1n) is 9.67. The number of ether oxygens (including phenoxy) is 4. The minimum Gasteiger partial charge on any atom is -0.493 e. The third kappa shape index (κ3) is 5.89. The zero-order chi connectivity index (χ0) is 23.8. The predicted octanol–water partition coefficient (Wildman–Crippen LogP) is 4.46. The monoisotopic (exact) mass is 512 g/mol. The van der Waals surface area contributed by atoms with Gasteiger partial charge in [-0.3, -0.25) is 4.79 Å². The number of esters is 1. The van der Waals surface area contributed by atoms with E-state index < -0.39 is 5.97 Å². The molecule has 0 spiro atoms. The van der Waals surface area contributed by atoms with Crippen molar-refractivity contribution in [1.29, 1.82) is 0 Å². The number of halogens is 1. The van der Waals surface area contributed by atoms with Gasteiger partial charge in [0, 0.05) is 15.6 Å². The standard InChI is InChI=1S/C24H21BrN2O6/c1-30-20-12-17(13-21(31-2)22(20)32-3)24(29)33-19-7-5-4-6-16(19)14-26-27-23(28)15-8-10-18(25)11-9-15/h4-14H,1-3H3,(H,27,28). The van der Waals surface area contributed by atoms with E-state index in [1.165, 1.54) is 39.7 Å². The Morgan fingerprint density at radius 2 is 1.48 bits per heavy atom. The number of benzene rings is 3. The molecular formula is C24H21BrN2O6. The Morgan fingerprint density at radius 3 is 2.09 bits per heavy atom. The Labute approximate surface area is 199 Å². The molecule has 0 bridgehead atoms. The van der Waals surface area contributed by atoms with Crippen LogP contribution in [0.4, 0.5) is 0 Å². The number of carbonyl (C=O) groups excluding carboxylic acids is 2. The van der Waals surface area contributed by atoms with Gasteiger partial charge < -0.3 is 18.9 Å². The SMILES string of the molecule is COc1cc(C(=O)Oc2ccccc2C=NNC(=O)c2ccc(Br)cc2)cc(OC)c1OC. The number of carbonyl (C=O) groups is 2. The molecule has 3 aromatic rings. The fourth-order valence-corrected chi connectivity index (χ4v) is 3.13. The highest BCUT2D eigenvalue weighted by atomic mass is 79.9. The third-order valence-corrected chi connectivity index (χ3v) is 5.03. The van der Waals surface area contributed by atoms with Gasteiger partial charge in [0.15, 0.2) is 11.5 Å². The Kier molecular flexibility index (Phi) is 8.04. The summed E-state index contributed by atoms with van der Waals surface area (Å²) in [7, 11) is 4.39. The minimum absolute atomic E-state index is 0.208. The van der Waals surface area contributed by atoms with Crippen LogP contribution in [0.2, 0.25) is 0 Å². The van der Waals surface area contributed by atoms with Gasteiger partial charge in [-0.2, -0.15) is 5.10 Å². The van der Waals surface area contributed by atoms with Gasteiger partial charge in [-0.1, -0.05) is 28.1 Å². The highest BCUT2D eigenvalue weighted by molar-refractivity contribution is 9.10. The molecule has 0 aliphatic rings. The second kappa shape index (κ2) is 11.1. The number of nitrogens with zero attached hydrogens (tertiary/aromatic N) is 1. The van der Waals surface area contributed by atoms with E-state index in [0.717, 1.165) is 4.47 Å². The number of nitrogens with one attached hydrogen (secondary N) is 1. The largest absolute Gasteiger partial charge is 0.493 e. The van der Waals surface area contributed by atoms with Crippen LogP contribution >= 0.6 is 15.9 Å². The summed E-state index contributed by atoms with van der Waals surface area (Å²) in [5.74, 6) is 0.284. The van der Waals surface area contributed by atoms with Crippen molar-refractivity contribution in [2.45, 2.75) is 0 Å². The third-order valence-electron chi connectivity index (χ3n) is 4.50. The van der Waals surface area contributed by atoms with Gasteiger partial charge in [-0.05, 0) is 48.5 Å². The molecule has 170 valence electrons. The summed E-state index contributed by atoms with van der Waals surface area (Å²) >= 11 is 3.32. The maximum Gasteiger partial charge on any atom is 0.343 e. The van der Waals surface area contributed by atoms with Gasteiger partial charge in [0.1, 0.15) is 5.75 Å². The molecule has 3 rings (SSSR count). The highest BCUT2D eigenvalue weighted by Crippen LogP contribution is 2.38. The molecular weight excluding hydrogens is 492 g/mol. The molecule has 3 aromatic carbocycles. The van der Waals surface area contributed by atoms with E-state index in [4.69, 9.17) is 18.9 Å². The Hall–Kier alpha value is -3.85. The van der Waals surface area contributed by atoms with Gasteiger partial charge in [0.05, 0.1) is 33.1 Å². The van der Waals surface area contributed by atoms with Crippen LogP contribution in [0.1, 0.15) is 26.3 Å². The topological polar surface area (TPSA) is 95.5 Å². The molecule has 0 saturated carbocycles. The molecule has 0 aliphatic heterocycles. The number of hydrogen-bond donors (Lipinski definition) is 1. The summed E-state index contributed by atoms with van der Waals surface area (Å²) < 4.78 is 22.3. The van der Waals surface area contributed by atoms with Crippen molar-refractivity contribution >= 4 is 34.0 Å². The minimum atomic E-state index is -0.631. The quantitative estimate of drug-likeness (QED) is 0.207. The normalized spacial score (nSPS) is 10.5. The summed E-state index contributed by atoms with van der Waals surface area (Å²) in [6.07, 6.45) is 1.40. The second-order valence-corrected chi connectivity index (χ2v) is 7.46. The number of rotatable bonds is 8. The van der Waals surface area contributed by atoms with E-state index in [2.05, 4.69) is 26.5 Å². The van der Waals surface area contributed by atoms with Crippen LogP contribution in [0.25, 0.3) is 0 Å². The van der Waals surface area contributed by atoms with Gasteiger partial charge in [-0.25, -0.2) is 10.2 Å². The van der Waals surface area contributed by atoms with E-state index in [-0.39, 0.29) is 17.2 Å². The molecule has 0 atom stereocenters. The fraction of sp³-hybridized carbons (Fsp3) is 0.125. The van der Waals surface area contributed by atoms with Gasteiger partial charge >= 0.3 is 5.97 Å². The Bertz CT molecular complexity index is 1150. The predicted molar refractivity (Wildman–Crippen MR) is 127 cm³/mol. The lowest BCUT2D eigenvalue weighted by atomic mass is 10.1. The number of hydrazone groups is 1. The van der Waals surface area contributed by atoms with Gasteiger partial charge in [0.2, 0.25) is 5.75 Å². The second-order valence-electron chi connectivity index (χ2n) is 6.55. The maximum absolute atomic E-state index is 12.8. The van der Waals surface area contributed by atoms with Gasteiger partial charge in [0.25, 0.3) is 5.91 Å². The van der Waals surface area contributed by atoms with Crippen molar-refractivity contribution in [2.24, 2.45) is 5.10 Å². The van der Waals surface area contributed by atoms with E-state index >= 15 is 0 Å². The van der Waals surface area contributed by atoms with Crippen LogP contribution in [0.5, 0.6) is 23.0 Å². The van der Waals surface area contributed by atoms with Crippen molar-refractivity contribution < 1.29 is 28.5 Å². The van der Waals surface area contributed by atoms with Crippen molar-refractivity contribution in [3.8, 4) is 23.0 Å². The Morgan fingerprint density at radius 1 is 0.848 bits per heavy atom. The lowest BCUT2D eigenvalue weighted by Gasteiger charge is -2.14. The van der Waals surface area contributed by atoms with E-state index in [1.54, 1.807) is 48.5 Å². The average molecular weight is 513 g/mol. The van der Waals surface area contributed by atoms with Crippen molar-refractivity contribution in [3.05, 3.63) is 81.8 Å². The van der Waals surface area contributed by atoms with Crippen molar-refractivity contribution in [2.75, 3.05) is 21.3 Å². The molecule has 8 nitrogen and oxygen atoms in total. The van der Waals surface area contributed by atoms with E-state index in [1.807, 2.05) is 0 Å². The first kappa shape index (κ1) is 23.8. The molecule has 0 unspecified atom stereocenters. The van der Waals surface area contributed by atoms with Crippen molar-refractivity contribution in [1.82, 2.24) is 5.43 Å². The summed E-state index contributed by atoms with van der Waals surface area (Å²) in [4.78, 5) is 25.0. The molecule has 0 fully saturated rings. The Balaban J connectivity index is 1.76. The smallest absolute Gasteiger partial charge is 0.343 e. The molecule has 0 saturated heterocycles. The van der Waals surface area contributed by atoms with E-state index in [0.29, 0.717) is 28.4 Å². The molecule has 9 heteroatoms. The molecule has 0 aliphatic carbocycles. The lowest BCUT2D eigenvalue weighted by molar-refractivity contribution is 0.0733. The maximum atomic E-state index is 12.8. The summed E-state index contributed by atoms with van der Waals surface area (Å²) in [6.45, 7) is 0. The van der Waals surface area contributed by atoms with E-state index in [9.17, 15) is 9.59 Å². The number of amides is 1. The zero-order valence-electron chi connectivity index (χ0n) is 18.1. The molecule has 1 amide bonds.